The summed E-state index contributed by atoms with van der Waals surface area (Å²) < 4.78 is 10.4. The fourth-order valence-corrected chi connectivity index (χ4v) is 3.66. The van der Waals surface area contributed by atoms with E-state index < -0.39 is 42.1 Å². The molecular formula is C27H30N4O5S. The number of nitriles is 1. The van der Waals surface area contributed by atoms with Gasteiger partial charge in [0.2, 0.25) is 5.91 Å². The Hall–Kier alpha value is -4.15. The van der Waals surface area contributed by atoms with Gasteiger partial charge in [0.1, 0.15) is 30.0 Å². The van der Waals surface area contributed by atoms with Crippen LogP contribution in [0, 0.1) is 23.7 Å². The topological polar surface area (TPSA) is 121 Å². The second-order valence-corrected chi connectivity index (χ2v) is 9.22. The van der Waals surface area contributed by atoms with Crippen molar-refractivity contribution in [2.24, 2.45) is 0 Å². The van der Waals surface area contributed by atoms with Crippen molar-refractivity contribution in [2.75, 3.05) is 24.7 Å². The third-order valence-electron chi connectivity index (χ3n) is 5.02. The Bertz CT molecular complexity index is 1200. The Kier molecular flexibility index (Phi) is 10.4. The van der Waals surface area contributed by atoms with E-state index in [1.54, 1.807) is 69.3 Å². The predicted octanol–water partition coefficient (Wildman–Crippen LogP) is 3.53. The average Bonchev–Trinajstić information content (AvgIpc) is 2.86. The van der Waals surface area contributed by atoms with Crippen molar-refractivity contribution in [2.45, 2.75) is 38.5 Å². The lowest BCUT2D eigenvalue weighted by molar-refractivity contribution is -0.139. The Balaban J connectivity index is 2.49. The zero-order valence-corrected chi connectivity index (χ0v) is 22.0. The summed E-state index contributed by atoms with van der Waals surface area (Å²) >= 11 is 4.20. The van der Waals surface area contributed by atoms with Gasteiger partial charge in [-0.25, -0.2) is 4.79 Å². The van der Waals surface area contributed by atoms with Crippen LogP contribution in [0.15, 0.2) is 48.5 Å². The van der Waals surface area contributed by atoms with Gasteiger partial charge in [0.15, 0.2) is 0 Å². The predicted molar refractivity (Wildman–Crippen MR) is 143 cm³/mol. The molecular weight excluding hydrogens is 492 g/mol. The number of nitrogens with one attached hydrogen (secondary N) is 2. The number of hydrogen-bond donors (Lipinski definition) is 3. The molecule has 2 unspecified atom stereocenters. The standard InChI is InChI=1S/C27H30N4O5S/c1-6-18-9-7-8-10-21(18)23(24(32)29-19-11-13-20(35-5)14-12-19)31(16-15-28)25(33)22(17-37)30-26(34)36-27(2,3)4/h1,7-14,22-23,37H,16-17H2,2-5H3,(H,29,32)(H,30,34). The molecule has 9 nitrogen and oxygen atoms in total. The van der Waals surface area contributed by atoms with Crippen molar-refractivity contribution >= 4 is 36.2 Å². The summed E-state index contributed by atoms with van der Waals surface area (Å²) in [7, 11) is 1.52. The minimum absolute atomic E-state index is 0.108. The Morgan fingerprint density at radius 3 is 2.32 bits per heavy atom. The van der Waals surface area contributed by atoms with E-state index in [0.717, 1.165) is 4.90 Å². The third-order valence-corrected chi connectivity index (χ3v) is 5.39. The van der Waals surface area contributed by atoms with Gasteiger partial charge in [-0.15, -0.1) is 6.42 Å². The highest BCUT2D eigenvalue weighted by atomic mass is 32.1. The number of carbonyl (C=O) groups excluding carboxylic acids is 3. The fraction of sp³-hybridized carbons (Fsp3) is 0.333. The highest BCUT2D eigenvalue weighted by Crippen LogP contribution is 2.27. The van der Waals surface area contributed by atoms with Gasteiger partial charge in [-0.2, -0.15) is 17.9 Å². The van der Waals surface area contributed by atoms with Crippen LogP contribution in [0.2, 0.25) is 0 Å². The smallest absolute Gasteiger partial charge is 0.408 e. The number of alkyl carbamates (subject to hydrolysis) is 1. The molecule has 10 heteroatoms. The molecule has 0 aliphatic carbocycles. The van der Waals surface area contributed by atoms with Crippen LogP contribution in [-0.4, -0.2) is 53.9 Å². The number of anilines is 1. The number of hydrogen-bond acceptors (Lipinski definition) is 7. The van der Waals surface area contributed by atoms with E-state index in [4.69, 9.17) is 15.9 Å². The molecule has 2 aromatic rings. The third kappa shape index (κ3) is 8.19. The van der Waals surface area contributed by atoms with Gasteiger partial charge in [-0.05, 0) is 56.7 Å². The van der Waals surface area contributed by atoms with Gasteiger partial charge in [0, 0.05) is 17.0 Å². The fourth-order valence-electron chi connectivity index (χ4n) is 3.41. The summed E-state index contributed by atoms with van der Waals surface area (Å²) in [5, 5.41) is 14.8. The normalized spacial score (nSPS) is 12.2. The first kappa shape index (κ1) is 29.1. The zero-order valence-electron chi connectivity index (χ0n) is 21.1. The number of terminal acetylenes is 1. The van der Waals surface area contributed by atoms with Gasteiger partial charge in [0.25, 0.3) is 5.91 Å². The maximum absolute atomic E-state index is 13.6. The molecule has 2 aromatic carbocycles. The van der Waals surface area contributed by atoms with Crippen LogP contribution in [0.5, 0.6) is 5.75 Å². The van der Waals surface area contributed by atoms with E-state index in [1.165, 1.54) is 7.11 Å². The maximum atomic E-state index is 13.6. The van der Waals surface area contributed by atoms with Crippen molar-refractivity contribution in [1.82, 2.24) is 10.2 Å². The number of ether oxygens (including phenoxy) is 2. The van der Waals surface area contributed by atoms with Crippen LogP contribution >= 0.6 is 12.6 Å². The van der Waals surface area contributed by atoms with Crippen LogP contribution in [0.25, 0.3) is 0 Å². The monoisotopic (exact) mass is 522 g/mol. The lowest BCUT2D eigenvalue weighted by Crippen LogP contribution is -2.53. The molecule has 0 bridgehead atoms. The average molecular weight is 523 g/mol. The van der Waals surface area contributed by atoms with Crippen molar-refractivity contribution in [1.29, 1.82) is 5.26 Å². The molecule has 0 saturated carbocycles. The van der Waals surface area contributed by atoms with E-state index >= 15 is 0 Å². The molecule has 0 radical (unpaired) electrons. The van der Waals surface area contributed by atoms with Gasteiger partial charge in [-0.1, -0.05) is 24.1 Å². The second-order valence-electron chi connectivity index (χ2n) is 8.86. The van der Waals surface area contributed by atoms with Gasteiger partial charge < -0.3 is 25.0 Å². The summed E-state index contributed by atoms with van der Waals surface area (Å²) in [5.41, 5.74) is 0.356. The van der Waals surface area contributed by atoms with Gasteiger partial charge in [0.05, 0.1) is 13.2 Å². The molecule has 3 amide bonds. The molecule has 0 aliphatic heterocycles. The number of thiol groups is 1. The minimum Gasteiger partial charge on any atom is -0.497 e. The lowest BCUT2D eigenvalue weighted by atomic mass is 9.97. The van der Waals surface area contributed by atoms with Crippen molar-refractivity contribution < 1.29 is 23.9 Å². The number of amides is 3. The van der Waals surface area contributed by atoms with E-state index in [1.807, 2.05) is 6.07 Å². The number of methoxy groups -OCH3 is 1. The minimum atomic E-state index is -1.29. The van der Waals surface area contributed by atoms with Gasteiger partial charge in [-0.3, -0.25) is 9.59 Å². The van der Waals surface area contributed by atoms with Crippen molar-refractivity contribution in [3.05, 3.63) is 59.7 Å². The summed E-state index contributed by atoms with van der Waals surface area (Å²) in [4.78, 5) is 40.7. The van der Waals surface area contributed by atoms with E-state index in [0.29, 0.717) is 22.6 Å². The first-order chi connectivity index (χ1) is 17.5. The molecule has 0 aliphatic rings. The van der Waals surface area contributed by atoms with Crippen molar-refractivity contribution in [3.63, 3.8) is 0 Å². The van der Waals surface area contributed by atoms with E-state index in [-0.39, 0.29) is 5.75 Å². The van der Waals surface area contributed by atoms with Crippen molar-refractivity contribution in [3.8, 4) is 24.2 Å². The number of benzene rings is 2. The molecule has 37 heavy (non-hydrogen) atoms. The molecule has 0 heterocycles. The summed E-state index contributed by atoms with van der Waals surface area (Å²) in [6, 6.07) is 12.7. The highest BCUT2D eigenvalue weighted by molar-refractivity contribution is 7.80. The Morgan fingerprint density at radius 1 is 1.14 bits per heavy atom. The first-order valence-electron chi connectivity index (χ1n) is 11.3. The van der Waals surface area contributed by atoms with Gasteiger partial charge >= 0.3 is 6.09 Å². The zero-order chi connectivity index (χ0) is 27.6. The van der Waals surface area contributed by atoms with Crippen LogP contribution in [0.4, 0.5) is 10.5 Å². The van der Waals surface area contributed by atoms with Crippen LogP contribution in [0.3, 0.4) is 0 Å². The molecule has 0 saturated heterocycles. The summed E-state index contributed by atoms with van der Waals surface area (Å²) in [5.74, 6) is 1.70. The quantitative estimate of drug-likeness (QED) is 0.263. The van der Waals surface area contributed by atoms with Crippen LogP contribution < -0.4 is 15.4 Å². The summed E-state index contributed by atoms with van der Waals surface area (Å²) in [6.07, 6.45) is 4.85. The SMILES string of the molecule is C#Cc1ccccc1C(C(=O)Nc1ccc(OC)cc1)N(CC#N)C(=O)C(CS)NC(=O)OC(C)(C)C. The molecule has 0 aromatic heterocycles. The number of rotatable bonds is 9. The molecule has 194 valence electrons. The molecule has 0 fully saturated rings. The van der Waals surface area contributed by atoms with E-state index in [9.17, 15) is 19.6 Å². The second kappa shape index (κ2) is 13.2. The largest absolute Gasteiger partial charge is 0.497 e. The Morgan fingerprint density at radius 2 is 1.78 bits per heavy atom. The van der Waals surface area contributed by atoms with Crippen LogP contribution in [0.1, 0.15) is 37.9 Å². The van der Waals surface area contributed by atoms with Crippen LogP contribution in [-0.2, 0) is 14.3 Å². The number of carbonyl (C=O) groups is 3. The highest BCUT2D eigenvalue weighted by Gasteiger charge is 2.36. The maximum Gasteiger partial charge on any atom is 0.408 e. The number of nitrogens with zero attached hydrogens (tertiary/aromatic N) is 2. The molecule has 2 atom stereocenters. The molecule has 2 rings (SSSR count). The van der Waals surface area contributed by atoms with E-state index in [2.05, 4.69) is 29.2 Å². The molecule has 0 spiro atoms. The summed E-state index contributed by atoms with van der Waals surface area (Å²) in [6.45, 7) is 4.59. The first-order valence-corrected chi connectivity index (χ1v) is 12.0. The lowest BCUT2D eigenvalue weighted by Gasteiger charge is -2.33. The Labute approximate surface area is 222 Å². The molecule has 2 N–H and O–H groups in total.